The van der Waals surface area contributed by atoms with Crippen LogP contribution in [0.4, 0.5) is 5.82 Å². The Morgan fingerprint density at radius 3 is 2.58 bits per heavy atom. The van der Waals surface area contributed by atoms with E-state index in [9.17, 15) is 4.79 Å². The maximum atomic E-state index is 11.6. The van der Waals surface area contributed by atoms with Gasteiger partial charge < -0.3 is 24.1 Å². The molecule has 0 bridgehead atoms. The molecule has 1 aromatic heterocycles. The third-order valence-corrected chi connectivity index (χ3v) is 5.41. The van der Waals surface area contributed by atoms with Crippen LogP contribution in [0.25, 0.3) is 0 Å². The summed E-state index contributed by atoms with van der Waals surface area (Å²) in [7, 11) is 3.31. The van der Waals surface area contributed by atoms with Crippen LogP contribution in [0.5, 0.6) is 11.5 Å². The fourth-order valence-electron chi connectivity index (χ4n) is 4.03. The SMILES string of the molecule is COc1cc2c(cc1OC)C1(CCN(c3cc(=O)[nH]cn3)CC1)OCC2. The number of aromatic nitrogens is 2. The van der Waals surface area contributed by atoms with E-state index in [0.29, 0.717) is 12.4 Å². The van der Waals surface area contributed by atoms with Crippen LogP contribution in [0.1, 0.15) is 24.0 Å². The molecule has 1 aromatic carbocycles. The van der Waals surface area contributed by atoms with Crippen LogP contribution in [0, 0.1) is 0 Å². The van der Waals surface area contributed by atoms with Gasteiger partial charge in [-0.15, -0.1) is 0 Å². The van der Waals surface area contributed by atoms with Crippen LogP contribution in [-0.2, 0) is 16.8 Å². The number of hydrogen-bond donors (Lipinski definition) is 1. The highest BCUT2D eigenvalue weighted by Crippen LogP contribution is 2.45. The highest BCUT2D eigenvalue weighted by Gasteiger charge is 2.41. The summed E-state index contributed by atoms with van der Waals surface area (Å²) in [4.78, 5) is 20.5. The molecular weight excluding hydrogens is 334 g/mol. The molecule has 3 heterocycles. The van der Waals surface area contributed by atoms with E-state index in [2.05, 4.69) is 27.0 Å². The smallest absolute Gasteiger partial charge is 0.252 e. The number of hydrogen-bond acceptors (Lipinski definition) is 6. The number of H-pyrrole nitrogens is 1. The van der Waals surface area contributed by atoms with Gasteiger partial charge in [0.15, 0.2) is 11.5 Å². The number of anilines is 1. The lowest BCUT2D eigenvalue weighted by Crippen LogP contribution is -2.47. The Bertz CT molecular complexity index is 856. The zero-order valence-corrected chi connectivity index (χ0v) is 15.1. The van der Waals surface area contributed by atoms with Gasteiger partial charge in [0.2, 0.25) is 0 Å². The molecule has 2 aliphatic rings. The van der Waals surface area contributed by atoms with Crippen LogP contribution < -0.4 is 19.9 Å². The summed E-state index contributed by atoms with van der Waals surface area (Å²) in [6.07, 6.45) is 4.00. The van der Waals surface area contributed by atoms with E-state index < -0.39 is 0 Å². The minimum atomic E-state index is -0.315. The standard InChI is InChI=1S/C19H23N3O4/c1-24-15-9-13-3-8-26-19(14(13)10-16(15)25-2)4-6-22(7-5-19)17-11-18(23)21-12-20-17/h9-12H,3-8H2,1-2H3,(H,20,21,23). The Hall–Kier alpha value is -2.54. The number of piperidine rings is 1. The van der Waals surface area contributed by atoms with Crippen molar-refractivity contribution >= 4 is 5.82 Å². The first-order chi connectivity index (χ1) is 12.6. The molecule has 0 unspecified atom stereocenters. The van der Waals surface area contributed by atoms with Crippen LogP contribution in [0.2, 0.25) is 0 Å². The predicted molar refractivity (Wildman–Crippen MR) is 97.2 cm³/mol. The Kier molecular flexibility index (Phi) is 4.32. The molecule has 0 radical (unpaired) electrons. The van der Waals surface area contributed by atoms with Gasteiger partial charge in [-0.2, -0.15) is 0 Å². The normalized spacial score (nSPS) is 18.5. The Morgan fingerprint density at radius 1 is 1.15 bits per heavy atom. The number of methoxy groups -OCH3 is 2. The maximum absolute atomic E-state index is 11.6. The molecular formula is C19H23N3O4. The number of benzene rings is 1. The second-order valence-corrected chi connectivity index (χ2v) is 6.71. The molecule has 26 heavy (non-hydrogen) atoms. The number of ether oxygens (including phenoxy) is 3. The third-order valence-electron chi connectivity index (χ3n) is 5.41. The molecule has 0 aliphatic carbocycles. The third kappa shape index (κ3) is 2.82. The molecule has 1 N–H and O–H groups in total. The summed E-state index contributed by atoms with van der Waals surface area (Å²) in [5.41, 5.74) is 2.01. The monoisotopic (exact) mass is 357 g/mol. The molecule has 7 nitrogen and oxygen atoms in total. The van der Waals surface area contributed by atoms with E-state index in [1.165, 1.54) is 17.5 Å². The Morgan fingerprint density at radius 2 is 1.88 bits per heavy atom. The Labute approximate surface area is 151 Å². The first-order valence-electron chi connectivity index (χ1n) is 8.84. The van der Waals surface area contributed by atoms with Crippen molar-refractivity contribution in [1.29, 1.82) is 0 Å². The van der Waals surface area contributed by atoms with Crippen LogP contribution in [0.15, 0.2) is 29.3 Å². The molecule has 4 rings (SSSR count). The Balaban J connectivity index is 1.63. The van der Waals surface area contributed by atoms with Crippen molar-refractivity contribution in [3.63, 3.8) is 0 Å². The van der Waals surface area contributed by atoms with Crippen LogP contribution >= 0.6 is 0 Å². The summed E-state index contributed by atoms with van der Waals surface area (Å²) >= 11 is 0. The quantitative estimate of drug-likeness (QED) is 0.904. The maximum Gasteiger partial charge on any atom is 0.252 e. The van der Waals surface area contributed by atoms with Crippen molar-refractivity contribution in [2.24, 2.45) is 0 Å². The van der Waals surface area contributed by atoms with E-state index in [1.807, 2.05) is 0 Å². The van der Waals surface area contributed by atoms with Crippen molar-refractivity contribution in [3.05, 3.63) is 46.0 Å². The lowest BCUT2D eigenvalue weighted by Gasteiger charge is -2.45. The van der Waals surface area contributed by atoms with E-state index in [0.717, 1.165) is 43.9 Å². The first-order valence-corrected chi connectivity index (χ1v) is 8.84. The lowest BCUT2D eigenvalue weighted by molar-refractivity contribution is -0.0768. The summed E-state index contributed by atoms with van der Waals surface area (Å²) in [6.45, 7) is 2.26. The van der Waals surface area contributed by atoms with Gasteiger partial charge in [-0.25, -0.2) is 4.98 Å². The van der Waals surface area contributed by atoms with Gasteiger partial charge in [-0.3, -0.25) is 4.79 Å². The van der Waals surface area contributed by atoms with Gasteiger partial charge in [0.1, 0.15) is 5.82 Å². The zero-order chi connectivity index (χ0) is 18.1. The van der Waals surface area contributed by atoms with Crippen molar-refractivity contribution in [2.45, 2.75) is 24.9 Å². The molecule has 0 amide bonds. The average molecular weight is 357 g/mol. The number of aromatic amines is 1. The molecule has 2 aromatic rings. The van der Waals surface area contributed by atoms with Crippen molar-refractivity contribution in [1.82, 2.24) is 9.97 Å². The van der Waals surface area contributed by atoms with E-state index >= 15 is 0 Å². The highest BCUT2D eigenvalue weighted by atomic mass is 16.5. The van der Waals surface area contributed by atoms with Crippen molar-refractivity contribution < 1.29 is 14.2 Å². The van der Waals surface area contributed by atoms with Gasteiger partial charge in [0.25, 0.3) is 5.56 Å². The average Bonchev–Trinajstić information content (AvgIpc) is 2.68. The summed E-state index contributed by atoms with van der Waals surface area (Å²) in [6, 6.07) is 5.68. The first kappa shape index (κ1) is 16.9. The molecule has 1 saturated heterocycles. The largest absolute Gasteiger partial charge is 0.493 e. The van der Waals surface area contributed by atoms with Gasteiger partial charge in [0, 0.05) is 19.2 Å². The number of rotatable bonds is 3. The molecule has 2 aliphatic heterocycles. The molecule has 138 valence electrons. The summed E-state index contributed by atoms with van der Waals surface area (Å²) < 4.78 is 17.3. The minimum absolute atomic E-state index is 0.133. The van der Waals surface area contributed by atoms with E-state index in [-0.39, 0.29) is 11.2 Å². The summed E-state index contributed by atoms with van der Waals surface area (Å²) in [5, 5.41) is 0. The summed E-state index contributed by atoms with van der Waals surface area (Å²) in [5.74, 6) is 2.20. The van der Waals surface area contributed by atoms with Gasteiger partial charge >= 0.3 is 0 Å². The van der Waals surface area contributed by atoms with Crippen molar-refractivity contribution in [2.75, 3.05) is 38.8 Å². The predicted octanol–water partition coefficient (Wildman–Crippen LogP) is 1.86. The molecule has 0 saturated carbocycles. The number of nitrogens with one attached hydrogen (secondary N) is 1. The van der Waals surface area contributed by atoms with E-state index in [1.54, 1.807) is 20.3 Å². The second-order valence-electron chi connectivity index (χ2n) is 6.71. The van der Waals surface area contributed by atoms with Gasteiger partial charge in [0.05, 0.1) is 32.8 Å². The lowest BCUT2D eigenvalue weighted by atomic mass is 9.79. The zero-order valence-electron chi connectivity index (χ0n) is 15.1. The fourth-order valence-corrected chi connectivity index (χ4v) is 4.03. The van der Waals surface area contributed by atoms with Gasteiger partial charge in [-0.05, 0) is 42.5 Å². The second kappa shape index (κ2) is 6.64. The highest BCUT2D eigenvalue weighted by molar-refractivity contribution is 5.51. The van der Waals surface area contributed by atoms with Crippen LogP contribution in [0.3, 0.4) is 0 Å². The van der Waals surface area contributed by atoms with E-state index in [4.69, 9.17) is 14.2 Å². The fraction of sp³-hybridized carbons (Fsp3) is 0.474. The molecule has 1 spiro atoms. The minimum Gasteiger partial charge on any atom is -0.493 e. The molecule has 1 fully saturated rings. The van der Waals surface area contributed by atoms with Crippen LogP contribution in [-0.4, -0.2) is 43.9 Å². The number of nitrogens with zero attached hydrogens (tertiary/aromatic N) is 2. The molecule has 0 atom stereocenters. The van der Waals surface area contributed by atoms with Gasteiger partial charge in [-0.1, -0.05) is 0 Å². The topological polar surface area (TPSA) is 76.7 Å². The molecule has 7 heteroatoms. The van der Waals surface area contributed by atoms with Crippen molar-refractivity contribution in [3.8, 4) is 11.5 Å². The number of fused-ring (bicyclic) bond motifs is 2.